The van der Waals surface area contributed by atoms with Crippen molar-refractivity contribution in [2.24, 2.45) is 59.6 Å². The van der Waals surface area contributed by atoms with Gasteiger partial charge in [-0.1, -0.05) is 362 Å². The van der Waals surface area contributed by atoms with Crippen LogP contribution in [0.2, 0.25) is 0 Å². The maximum absolute atomic E-state index is 11.4. The standard InChI is InChI=1S/C133H161BN4/c1-123(2,3)74-85-38-34-42-94(58-85)102-72-116(104(68-98(102)83-132(28,29)30)96-44-36-40-87(60-96)76-125(7,8)9)137-118-70-100(135-112-54-46-89(78-127(13,14)15)62-106(112)107-63-90(47-55-113(107)135)79-128(16,17)18)50-52-110(118)134-111-53-51-101(136-114-56-48-91(80-129(19,20)21)64-108(114)109-65-92(49-57-115(109)136)81-130(22,23)24)71-119(111)138(121-67-93(82-131(25,26)27)66-120(137)122(121)134)117-73-103(95-43-35-39-86(59-95)75-124(4,5)6)99(84-133(31,32)33)69-105(117)97-45-37-41-88(61-97)77-126(10,11)12/h34-73H,74-84H2,1-33H3/i82D2,83D2,84D2. The largest absolute Gasteiger partial charge is 0.311 e. The average Bonchev–Trinajstić information content (AvgIpc) is 0.689. The SMILES string of the molecule is [2H]C([2H])(c1cc2c3c(c1)N(c1cc(-c4cccc(CC(C)(C)C)c4)c(C([2H])([2H])C(C)(C)C)cc1-c1cccc(CC(C)(C)C)c1)c1cc(-n4c5ccc(CC(C)(C)C)cc5c5cc(CC(C)(C)C)ccc54)ccc1B3c1ccc(-n3c4ccc(CC(C)(C)C)cc4c4cc(CC(C)(C)C)ccc43)cc1N2c1cc(-c2cccc(CC(C)(C)C)c2)c(C([2H])([2H])C(C)(C)C)cc1-c1cccc(CC(C)(C)C)c1)C(C)(C)C. The number of aromatic nitrogens is 2. The second kappa shape index (κ2) is 35.7. The molecule has 0 atom stereocenters. The molecule has 0 N–H and O–H groups in total. The van der Waals surface area contributed by atoms with Crippen molar-refractivity contribution in [3.63, 3.8) is 0 Å². The minimum Gasteiger partial charge on any atom is -0.311 e. The summed E-state index contributed by atoms with van der Waals surface area (Å²) in [7, 11) is 0. The van der Waals surface area contributed by atoms with Crippen LogP contribution in [0.5, 0.6) is 0 Å². The van der Waals surface area contributed by atoms with Gasteiger partial charge in [0, 0.05) is 75.0 Å². The van der Waals surface area contributed by atoms with Crippen LogP contribution in [-0.2, 0) is 70.5 Å². The molecule has 138 heavy (non-hydrogen) atoms. The Morgan fingerprint density at radius 2 is 0.464 bits per heavy atom. The van der Waals surface area contributed by atoms with E-state index in [0.29, 0.717) is 16.7 Å². The molecule has 0 unspecified atom stereocenters. The third-order valence-electron chi connectivity index (χ3n) is 26.5. The van der Waals surface area contributed by atoms with Crippen molar-refractivity contribution >= 4 is 101 Å². The van der Waals surface area contributed by atoms with Gasteiger partial charge in [-0.2, -0.15) is 0 Å². The molecule has 2 aromatic heterocycles. The van der Waals surface area contributed by atoms with Crippen LogP contribution in [0.25, 0.3) is 99.5 Å². The second-order valence-electron chi connectivity index (χ2n) is 54.3. The van der Waals surface area contributed by atoms with Gasteiger partial charge in [-0.3, -0.25) is 0 Å². The summed E-state index contributed by atoms with van der Waals surface area (Å²) in [6.45, 7) is 73.4. The van der Waals surface area contributed by atoms with Gasteiger partial charge in [0.2, 0.25) is 0 Å². The van der Waals surface area contributed by atoms with Gasteiger partial charge in [0.05, 0.1) is 33.4 Å². The molecule has 716 valence electrons. The number of benzene rings is 13. The van der Waals surface area contributed by atoms with E-state index in [9.17, 15) is 8.22 Å². The molecule has 2 aliphatic heterocycles. The average molecular weight is 1830 g/mol. The van der Waals surface area contributed by atoms with Gasteiger partial charge in [0.15, 0.2) is 0 Å². The fraction of sp³-hybridized carbons (Fsp3) is 0.414. The van der Waals surface area contributed by atoms with Crippen molar-refractivity contribution in [1.29, 1.82) is 0 Å². The lowest BCUT2D eigenvalue weighted by atomic mass is 9.33. The lowest BCUT2D eigenvalue weighted by Gasteiger charge is -2.46. The molecule has 4 heterocycles. The first-order valence-electron chi connectivity index (χ1n) is 54.4. The van der Waals surface area contributed by atoms with Crippen molar-refractivity contribution in [1.82, 2.24) is 9.13 Å². The third-order valence-corrected chi connectivity index (χ3v) is 26.5. The first-order valence-corrected chi connectivity index (χ1v) is 51.4. The summed E-state index contributed by atoms with van der Waals surface area (Å²) < 4.78 is 71.6. The molecule has 0 saturated carbocycles. The summed E-state index contributed by atoms with van der Waals surface area (Å²) >= 11 is 0. The molecular weight excluding hydrogens is 1660 g/mol. The molecule has 2 aliphatic rings. The summed E-state index contributed by atoms with van der Waals surface area (Å²) in [5.41, 5.74) is 29.7. The van der Waals surface area contributed by atoms with Gasteiger partial charge < -0.3 is 18.9 Å². The van der Waals surface area contributed by atoms with E-state index in [0.717, 1.165) is 202 Å². The molecule has 0 aliphatic carbocycles. The van der Waals surface area contributed by atoms with E-state index in [1.54, 1.807) is 0 Å². The minimum absolute atomic E-state index is 0.0211. The Kier molecular flexibility index (Phi) is 23.5. The molecule has 0 saturated heterocycles. The Morgan fingerprint density at radius 3 is 0.717 bits per heavy atom. The van der Waals surface area contributed by atoms with Gasteiger partial charge in [-0.05, 0) is 350 Å². The van der Waals surface area contributed by atoms with Crippen molar-refractivity contribution < 1.29 is 8.22 Å². The monoisotopic (exact) mass is 1830 g/mol. The van der Waals surface area contributed by atoms with E-state index < -0.39 is 42.1 Å². The van der Waals surface area contributed by atoms with Crippen molar-refractivity contribution in [2.45, 2.75) is 299 Å². The summed E-state index contributed by atoms with van der Waals surface area (Å²) in [6, 6.07) is 92.8. The van der Waals surface area contributed by atoms with Gasteiger partial charge in [0.25, 0.3) is 6.71 Å². The molecule has 17 rings (SSSR count). The Balaban J connectivity index is 1.11. The van der Waals surface area contributed by atoms with E-state index in [4.69, 9.17) is 0 Å². The number of rotatable bonds is 19. The first kappa shape index (κ1) is 90.9. The Bertz CT molecular complexity index is 6940. The first-order chi connectivity index (χ1) is 66.4. The quantitative estimate of drug-likeness (QED) is 0.0750. The fourth-order valence-corrected chi connectivity index (χ4v) is 22.3. The number of hydrogen-bond donors (Lipinski definition) is 0. The van der Waals surface area contributed by atoms with Gasteiger partial charge in [0.1, 0.15) is 0 Å². The zero-order valence-electron chi connectivity index (χ0n) is 96.1. The van der Waals surface area contributed by atoms with Crippen LogP contribution in [0.3, 0.4) is 0 Å². The van der Waals surface area contributed by atoms with Gasteiger partial charge in [-0.15, -0.1) is 0 Å². The predicted molar refractivity (Wildman–Crippen MR) is 606 cm³/mol. The van der Waals surface area contributed by atoms with Crippen LogP contribution >= 0.6 is 0 Å². The second-order valence-corrected chi connectivity index (χ2v) is 54.3. The molecule has 5 heteroatoms. The minimum atomic E-state index is -2.05. The van der Waals surface area contributed by atoms with E-state index in [1.165, 1.54) is 43.8 Å². The van der Waals surface area contributed by atoms with E-state index in [-0.39, 0.29) is 43.3 Å². The maximum atomic E-state index is 11.4. The molecule has 0 fully saturated rings. The number of anilines is 6. The van der Waals surface area contributed by atoms with Crippen LogP contribution in [0.15, 0.2) is 243 Å². The van der Waals surface area contributed by atoms with Gasteiger partial charge in [-0.25, -0.2) is 0 Å². The van der Waals surface area contributed by atoms with Crippen LogP contribution in [0.4, 0.5) is 34.1 Å². The molecule has 0 radical (unpaired) electrons. The summed E-state index contributed by atoms with van der Waals surface area (Å²) in [6.07, 6.45) is 0.842. The van der Waals surface area contributed by atoms with E-state index in [1.807, 2.05) is 62.3 Å². The molecule has 4 nitrogen and oxygen atoms in total. The normalized spacial score (nSPS) is 14.8. The van der Waals surface area contributed by atoms with E-state index >= 15 is 0 Å². The molecule has 0 amide bonds. The third kappa shape index (κ3) is 22.3. The lowest BCUT2D eigenvalue weighted by Crippen LogP contribution is -2.61. The van der Waals surface area contributed by atoms with Crippen LogP contribution < -0.4 is 26.2 Å². The fourth-order valence-electron chi connectivity index (χ4n) is 22.3. The molecule has 13 aromatic carbocycles. The highest BCUT2D eigenvalue weighted by Gasteiger charge is 2.46. The highest BCUT2D eigenvalue weighted by atomic mass is 15.2. The van der Waals surface area contributed by atoms with Gasteiger partial charge >= 0.3 is 0 Å². The topological polar surface area (TPSA) is 16.3 Å². The summed E-state index contributed by atoms with van der Waals surface area (Å²) in [4.78, 5) is 5.05. The number of nitrogens with zero attached hydrogens (tertiary/aromatic N) is 4. The smallest absolute Gasteiger partial charge is 0.252 e. The Hall–Kier alpha value is -10.9. The maximum Gasteiger partial charge on any atom is 0.252 e. The molecule has 15 aromatic rings. The summed E-state index contributed by atoms with van der Waals surface area (Å²) in [5.74, 6) is 0. The van der Waals surface area contributed by atoms with Crippen molar-refractivity contribution in [3.8, 4) is 55.9 Å². The van der Waals surface area contributed by atoms with E-state index in [2.05, 4.69) is 428 Å². The van der Waals surface area contributed by atoms with Crippen LogP contribution in [-0.4, -0.2) is 15.8 Å². The van der Waals surface area contributed by atoms with Crippen LogP contribution in [0.1, 0.15) is 298 Å². The number of hydrogen-bond acceptors (Lipinski definition) is 2. The zero-order chi connectivity index (χ0) is 105. The lowest BCUT2D eigenvalue weighted by molar-refractivity contribution is 0.410. The van der Waals surface area contributed by atoms with Crippen molar-refractivity contribution in [2.75, 3.05) is 9.80 Å². The van der Waals surface area contributed by atoms with Crippen molar-refractivity contribution in [3.05, 3.63) is 304 Å². The van der Waals surface area contributed by atoms with Crippen LogP contribution in [0, 0.1) is 59.6 Å². The zero-order valence-corrected chi connectivity index (χ0v) is 90.1. The molecular formula is C133H161BN4. The predicted octanol–water partition coefficient (Wildman–Crippen LogP) is 36.1. The Morgan fingerprint density at radius 1 is 0.210 bits per heavy atom. The Labute approximate surface area is 840 Å². The number of fused-ring (bicyclic) bond motifs is 10. The summed E-state index contributed by atoms with van der Waals surface area (Å²) in [5, 5.41) is 4.78. The molecule has 0 spiro atoms. The highest BCUT2D eigenvalue weighted by Crippen LogP contribution is 2.55. The molecule has 0 bridgehead atoms. The highest BCUT2D eigenvalue weighted by molar-refractivity contribution is 7.00.